The molecule has 5 rings (SSSR count). The van der Waals surface area contributed by atoms with Crippen LogP contribution in [0.5, 0.6) is 0 Å². The monoisotopic (exact) mass is 415 g/mol. The smallest absolute Gasteiger partial charge is 0.200 e. The summed E-state index contributed by atoms with van der Waals surface area (Å²) in [6, 6.07) is 23.3. The number of carbonyl (C=O) groups excluding carboxylic acids is 1. The highest BCUT2D eigenvalue weighted by molar-refractivity contribution is 6.36. The van der Waals surface area contributed by atoms with Gasteiger partial charge < -0.3 is 10.7 Å². The quantitative estimate of drug-likeness (QED) is 0.397. The maximum absolute atomic E-state index is 13.2. The van der Waals surface area contributed by atoms with Gasteiger partial charge in [-0.25, -0.2) is 0 Å². The van der Waals surface area contributed by atoms with Gasteiger partial charge in [-0.1, -0.05) is 72.3 Å². The van der Waals surface area contributed by atoms with Crippen molar-refractivity contribution in [3.8, 4) is 0 Å². The number of aromatic nitrogens is 1. The van der Waals surface area contributed by atoms with E-state index in [0.29, 0.717) is 23.7 Å². The van der Waals surface area contributed by atoms with E-state index in [2.05, 4.69) is 28.5 Å². The van der Waals surface area contributed by atoms with Gasteiger partial charge in [-0.2, -0.15) is 0 Å². The van der Waals surface area contributed by atoms with E-state index in [9.17, 15) is 4.79 Å². The molecule has 0 aliphatic carbocycles. The first kappa shape index (κ1) is 19.1. The lowest BCUT2D eigenvalue weighted by molar-refractivity contribution is 0.0944. The van der Waals surface area contributed by atoms with Crippen LogP contribution < -0.4 is 11.1 Å². The molecule has 2 unspecified atom stereocenters. The maximum Gasteiger partial charge on any atom is 0.200 e. The Morgan fingerprint density at radius 2 is 1.83 bits per heavy atom. The summed E-state index contributed by atoms with van der Waals surface area (Å²) >= 11 is 6.73. The number of ketones is 1. The van der Waals surface area contributed by atoms with Crippen LogP contribution in [0, 0.1) is 0 Å². The molecule has 1 aliphatic rings. The minimum Gasteiger partial charge on any atom is -0.352 e. The molecule has 150 valence electrons. The van der Waals surface area contributed by atoms with Crippen LogP contribution in [-0.2, 0) is 13.0 Å². The Balaban J connectivity index is 1.45. The number of fused-ring (bicyclic) bond motifs is 2. The number of nitrogens with one attached hydrogen (secondary N) is 2. The van der Waals surface area contributed by atoms with Crippen molar-refractivity contribution >= 4 is 28.3 Å². The standard InChI is InChI=1S/C25H22ClN3O/c26-23-18(20(27)12-15-6-2-1-3-7-15)10-11-21-19(23)13-22(29-21)25(30)24-17-9-5-4-8-16(17)14-28-24/h1-11,13,20,24,28-29H,12,14,27H2. The lowest BCUT2D eigenvalue weighted by Crippen LogP contribution is -2.22. The molecule has 0 saturated heterocycles. The summed E-state index contributed by atoms with van der Waals surface area (Å²) in [6.07, 6.45) is 0.699. The van der Waals surface area contributed by atoms with Crippen LogP contribution in [-0.4, -0.2) is 10.8 Å². The van der Waals surface area contributed by atoms with Crippen molar-refractivity contribution < 1.29 is 4.79 Å². The van der Waals surface area contributed by atoms with Gasteiger partial charge in [-0.15, -0.1) is 0 Å². The van der Waals surface area contributed by atoms with Gasteiger partial charge in [0.25, 0.3) is 0 Å². The van der Waals surface area contributed by atoms with Crippen LogP contribution >= 0.6 is 11.6 Å². The lowest BCUT2D eigenvalue weighted by atomic mass is 9.98. The number of carbonyl (C=O) groups is 1. The van der Waals surface area contributed by atoms with Gasteiger partial charge in [0.2, 0.25) is 0 Å². The third kappa shape index (κ3) is 3.33. The Kier molecular flexibility index (Phi) is 4.91. The predicted molar refractivity (Wildman–Crippen MR) is 121 cm³/mol. The fourth-order valence-electron chi connectivity index (χ4n) is 4.27. The van der Waals surface area contributed by atoms with Gasteiger partial charge in [0.15, 0.2) is 5.78 Å². The Morgan fingerprint density at radius 3 is 2.67 bits per heavy atom. The second kappa shape index (κ2) is 7.73. The van der Waals surface area contributed by atoms with Crippen LogP contribution in [0.4, 0.5) is 0 Å². The SMILES string of the molecule is NC(Cc1ccccc1)c1ccc2[nH]c(C(=O)C3NCc4ccccc43)cc2c1Cl. The molecule has 30 heavy (non-hydrogen) atoms. The second-order valence-corrected chi connectivity index (χ2v) is 8.16. The highest BCUT2D eigenvalue weighted by atomic mass is 35.5. The minimum atomic E-state index is -0.340. The van der Waals surface area contributed by atoms with Gasteiger partial charge in [-0.3, -0.25) is 10.1 Å². The van der Waals surface area contributed by atoms with Gasteiger partial charge >= 0.3 is 0 Å². The average molecular weight is 416 g/mol. The second-order valence-electron chi connectivity index (χ2n) is 7.79. The molecule has 4 aromatic rings. The summed E-state index contributed by atoms with van der Waals surface area (Å²) in [5, 5.41) is 4.74. The number of benzene rings is 3. The van der Waals surface area contributed by atoms with Crippen molar-refractivity contribution in [2.75, 3.05) is 0 Å². The molecule has 5 heteroatoms. The molecular formula is C25H22ClN3O. The van der Waals surface area contributed by atoms with Crippen LogP contribution in [0.3, 0.4) is 0 Å². The van der Waals surface area contributed by atoms with Crippen molar-refractivity contribution in [1.82, 2.24) is 10.3 Å². The van der Waals surface area contributed by atoms with E-state index in [1.54, 1.807) is 0 Å². The molecule has 1 aromatic heterocycles. The highest BCUT2D eigenvalue weighted by Crippen LogP contribution is 2.34. The number of hydrogen-bond acceptors (Lipinski definition) is 3. The van der Waals surface area contributed by atoms with Crippen molar-refractivity contribution in [3.05, 3.63) is 106 Å². The molecule has 2 heterocycles. The minimum absolute atomic E-state index is 0.0161. The van der Waals surface area contributed by atoms with Crippen molar-refractivity contribution in [2.45, 2.75) is 25.0 Å². The number of nitrogens with two attached hydrogens (primary N) is 1. The molecule has 1 aliphatic heterocycles. The molecular weight excluding hydrogens is 394 g/mol. The zero-order valence-electron chi connectivity index (χ0n) is 16.4. The molecule has 0 bridgehead atoms. The third-order valence-electron chi connectivity index (χ3n) is 5.86. The highest BCUT2D eigenvalue weighted by Gasteiger charge is 2.29. The molecule has 0 saturated carbocycles. The van der Waals surface area contributed by atoms with Crippen molar-refractivity contribution in [1.29, 1.82) is 0 Å². The van der Waals surface area contributed by atoms with Gasteiger partial charge in [0, 0.05) is 23.5 Å². The zero-order chi connectivity index (χ0) is 20.7. The number of rotatable bonds is 5. The first-order valence-electron chi connectivity index (χ1n) is 10.1. The first-order chi connectivity index (χ1) is 14.6. The van der Waals surface area contributed by atoms with Gasteiger partial charge in [0.1, 0.15) is 0 Å². The van der Waals surface area contributed by atoms with Crippen LogP contribution in [0.15, 0.2) is 72.8 Å². The number of halogens is 1. The normalized spacial score (nSPS) is 16.5. The van der Waals surface area contributed by atoms with E-state index < -0.39 is 0 Å². The van der Waals surface area contributed by atoms with E-state index in [1.807, 2.05) is 54.6 Å². The Morgan fingerprint density at radius 1 is 1.07 bits per heavy atom. The zero-order valence-corrected chi connectivity index (χ0v) is 17.1. The van der Waals surface area contributed by atoms with Crippen molar-refractivity contribution in [3.63, 3.8) is 0 Å². The average Bonchev–Trinajstić information content (AvgIpc) is 3.39. The molecule has 0 amide bonds. The molecule has 0 radical (unpaired) electrons. The van der Waals surface area contributed by atoms with E-state index >= 15 is 0 Å². The lowest BCUT2D eigenvalue weighted by Gasteiger charge is -2.14. The van der Waals surface area contributed by atoms with E-state index in [4.69, 9.17) is 17.3 Å². The molecule has 3 aromatic carbocycles. The summed E-state index contributed by atoms with van der Waals surface area (Å²) in [7, 11) is 0. The Bertz CT molecular complexity index is 1230. The first-order valence-corrected chi connectivity index (χ1v) is 10.5. The molecule has 4 nitrogen and oxygen atoms in total. The summed E-state index contributed by atoms with van der Waals surface area (Å²) in [5.74, 6) is 0.0161. The van der Waals surface area contributed by atoms with Crippen LogP contribution in [0.2, 0.25) is 5.02 Å². The van der Waals surface area contributed by atoms with E-state index in [1.165, 1.54) is 5.56 Å². The fraction of sp³-hybridized carbons (Fsp3) is 0.160. The topological polar surface area (TPSA) is 70.9 Å². The van der Waals surface area contributed by atoms with Crippen LogP contribution in [0.1, 0.15) is 44.8 Å². The van der Waals surface area contributed by atoms with E-state index in [0.717, 1.165) is 27.6 Å². The largest absolute Gasteiger partial charge is 0.352 e. The third-order valence-corrected chi connectivity index (χ3v) is 6.28. The summed E-state index contributed by atoms with van der Waals surface area (Å²) < 4.78 is 0. The van der Waals surface area contributed by atoms with Crippen molar-refractivity contribution in [2.24, 2.45) is 5.73 Å². The van der Waals surface area contributed by atoms with Crippen LogP contribution in [0.25, 0.3) is 10.9 Å². The summed E-state index contributed by atoms with van der Waals surface area (Å²) in [5.41, 5.74) is 12.1. The molecule has 0 spiro atoms. The number of H-pyrrole nitrogens is 1. The number of hydrogen-bond donors (Lipinski definition) is 3. The summed E-state index contributed by atoms with van der Waals surface area (Å²) in [6.45, 7) is 0.700. The van der Waals surface area contributed by atoms with Gasteiger partial charge in [-0.05, 0) is 40.8 Å². The number of Topliss-reactive ketones (excluding diaryl/α,β-unsaturated/α-hetero) is 1. The Hall–Kier alpha value is -2.92. The molecule has 0 fully saturated rings. The maximum atomic E-state index is 13.2. The Labute approximate surface area is 180 Å². The summed E-state index contributed by atoms with van der Waals surface area (Å²) in [4.78, 5) is 16.4. The van der Waals surface area contributed by atoms with E-state index in [-0.39, 0.29) is 17.9 Å². The predicted octanol–water partition coefficient (Wildman–Crippen LogP) is 5.09. The van der Waals surface area contributed by atoms with Gasteiger partial charge in [0.05, 0.1) is 16.8 Å². The molecule has 4 N–H and O–H groups in total. The molecule has 2 atom stereocenters. The fourth-order valence-corrected chi connectivity index (χ4v) is 4.63. The number of aromatic amines is 1.